The van der Waals surface area contributed by atoms with Crippen LogP contribution >= 0.6 is 0 Å². The summed E-state index contributed by atoms with van der Waals surface area (Å²) >= 11 is 0. The van der Waals surface area contributed by atoms with Gasteiger partial charge in [0.15, 0.2) is 11.6 Å². The van der Waals surface area contributed by atoms with Crippen LogP contribution in [0.3, 0.4) is 0 Å². The number of fused-ring (bicyclic) bond motifs is 2. The lowest BCUT2D eigenvalue weighted by atomic mass is 9.94. The standard InChI is InChI=1S/C22H14F3N3O3/c23-13-1-2-15-11(19(13)25)7-12(20(29)27-15)22(3-4-22)21(30)28-16-9-31-17-6-10(8-26)5-14(24)18(16)17/h1-2,5-7,16H,3-4,9H2,(H,27,29)(H,28,30)/t16-/m0/s1. The van der Waals surface area contributed by atoms with Gasteiger partial charge in [-0.15, -0.1) is 0 Å². The Balaban J connectivity index is 1.50. The molecule has 0 saturated heterocycles. The Kier molecular flexibility index (Phi) is 4.09. The SMILES string of the molecule is N#Cc1cc(F)c2c(c1)OC[C@@H]2NC(=O)C1(c2cc3c(F)c(F)ccc3[nH]c2=O)CC1. The zero-order valence-corrected chi connectivity index (χ0v) is 15.9. The number of benzene rings is 2. The van der Waals surface area contributed by atoms with Crippen LogP contribution in [0.15, 0.2) is 35.1 Å². The first-order chi connectivity index (χ1) is 14.8. The van der Waals surface area contributed by atoms with E-state index in [4.69, 9.17) is 10.00 Å². The lowest BCUT2D eigenvalue weighted by Crippen LogP contribution is -2.40. The molecule has 1 aliphatic heterocycles. The first kappa shape index (κ1) is 19.2. The van der Waals surface area contributed by atoms with Crippen molar-refractivity contribution in [3.63, 3.8) is 0 Å². The number of H-pyrrole nitrogens is 1. The van der Waals surface area contributed by atoms with Gasteiger partial charge in [-0.05, 0) is 43.2 Å². The molecular formula is C22H14F3N3O3. The second-order valence-electron chi connectivity index (χ2n) is 7.74. The van der Waals surface area contributed by atoms with Crippen LogP contribution in [0.2, 0.25) is 0 Å². The Labute approximate surface area is 173 Å². The fourth-order valence-corrected chi connectivity index (χ4v) is 4.10. The fourth-order valence-electron chi connectivity index (χ4n) is 4.10. The summed E-state index contributed by atoms with van der Waals surface area (Å²) < 4.78 is 47.8. The van der Waals surface area contributed by atoms with Crippen molar-refractivity contribution in [3.05, 3.63) is 74.8 Å². The number of hydrogen-bond acceptors (Lipinski definition) is 4. The molecule has 2 aliphatic rings. The summed E-state index contributed by atoms with van der Waals surface area (Å²) in [5.41, 5.74) is -1.41. The smallest absolute Gasteiger partial charge is 0.252 e. The van der Waals surface area contributed by atoms with Crippen molar-refractivity contribution in [2.45, 2.75) is 24.3 Å². The number of amides is 1. The topological polar surface area (TPSA) is 95.0 Å². The van der Waals surface area contributed by atoms with E-state index in [1.54, 1.807) is 0 Å². The van der Waals surface area contributed by atoms with E-state index in [2.05, 4.69) is 10.3 Å². The third-order valence-corrected chi connectivity index (χ3v) is 5.89. The van der Waals surface area contributed by atoms with E-state index in [1.165, 1.54) is 18.2 Å². The number of aromatic nitrogens is 1. The highest BCUT2D eigenvalue weighted by atomic mass is 19.2. The number of halogens is 3. The van der Waals surface area contributed by atoms with Crippen LogP contribution in [-0.2, 0) is 10.2 Å². The maximum Gasteiger partial charge on any atom is 0.252 e. The average Bonchev–Trinajstić information content (AvgIpc) is 3.46. The number of carbonyl (C=O) groups excluding carboxylic acids is 1. The Morgan fingerprint density at radius 3 is 2.68 bits per heavy atom. The van der Waals surface area contributed by atoms with Crippen molar-refractivity contribution < 1.29 is 22.7 Å². The third kappa shape index (κ3) is 2.86. The molecule has 2 N–H and O–H groups in total. The van der Waals surface area contributed by atoms with Gasteiger partial charge in [0, 0.05) is 10.9 Å². The largest absolute Gasteiger partial charge is 0.491 e. The van der Waals surface area contributed by atoms with E-state index < -0.39 is 40.4 Å². The van der Waals surface area contributed by atoms with Gasteiger partial charge in [-0.3, -0.25) is 9.59 Å². The highest BCUT2D eigenvalue weighted by Crippen LogP contribution is 2.48. The minimum Gasteiger partial charge on any atom is -0.491 e. The van der Waals surface area contributed by atoms with Crippen molar-refractivity contribution in [2.75, 3.05) is 6.61 Å². The van der Waals surface area contributed by atoms with Crippen LogP contribution in [0.5, 0.6) is 5.75 Å². The Morgan fingerprint density at radius 1 is 1.19 bits per heavy atom. The molecule has 0 unspecified atom stereocenters. The summed E-state index contributed by atoms with van der Waals surface area (Å²) in [5, 5.41) is 11.5. The summed E-state index contributed by atoms with van der Waals surface area (Å²) in [6, 6.07) is 6.86. The molecule has 3 aromatic rings. The van der Waals surface area contributed by atoms with Crippen molar-refractivity contribution in [1.29, 1.82) is 5.26 Å². The highest BCUT2D eigenvalue weighted by Gasteiger charge is 2.54. The Bertz CT molecular complexity index is 1370. The molecular weight excluding hydrogens is 411 g/mol. The highest BCUT2D eigenvalue weighted by molar-refractivity contribution is 5.93. The van der Waals surface area contributed by atoms with Crippen LogP contribution in [0, 0.1) is 28.8 Å². The summed E-state index contributed by atoms with van der Waals surface area (Å²) in [7, 11) is 0. The molecule has 1 saturated carbocycles. The number of ether oxygens (including phenoxy) is 1. The second kappa shape index (κ2) is 6.60. The van der Waals surface area contributed by atoms with Crippen LogP contribution in [-0.4, -0.2) is 17.5 Å². The van der Waals surface area contributed by atoms with E-state index in [9.17, 15) is 22.8 Å². The van der Waals surface area contributed by atoms with Gasteiger partial charge in [0.2, 0.25) is 5.91 Å². The number of aromatic amines is 1. The second-order valence-corrected chi connectivity index (χ2v) is 7.74. The van der Waals surface area contributed by atoms with Crippen molar-refractivity contribution in [1.82, 2.24) is 10.3 Å². The lowest BCUT2D eigenvalue weighted by molar-refractivity contribution is -0.124. The molecule has 5 rings (SSSR count). The molecule has 6 nitrogen and oxygen atoms in total. The van der Waals surface area contributed by atoms with Crippen LogP contribution in [0.1, 0.15) is 35.6 Å². The Morgan fingerprint density at radius 2 is 1.97 bits per heavy atom. The van der Waals surface area contributed by atoms with Crippen molar-refractivity contribution in [3.8, 4) is 11.8 Å². The fraction of sp³-hybridized carbons (Fsp3) is 0.227. The van der Waals surface area contributed by atoms with Gasteiger partial charge in [-0.1, -0.05) is 0 Å². The molecule has 9 heteroatoms. The summed E-state index contributed by atoms with van der Waals surface area (Å²) in [5.74, 6) is -3.21. The number of nitriles is 1. The monoisotopic (exact) mass is 425 g/mol. The third-order valence-electron chi connectivity index (χ3n) is 5.89. The van der Waals surface area contributed by atoms with E-state index in [0.29, 0.717) is 12.8 Å². The lowest BCUT2D eigenvalue weighted by Gasteiger charge is -2.19. The number of hydrogen-bond donors (Lipinski definition) is 2. The van der Waals surface area contributed by atoms with E-state index in [0.717, 1.165) is 12.1 Å². The summed E-state index contributed by atoms with van der Waals surface area (Å²) in [6.07, 6.45) is 0.668. The quantitative estimate of drug-likeness (QED) is 0.674. The zero-order valence-electron chi connectivity index (χ0n) is 15.9. The van der Waals surface area contributed by atoms with Crippen LogP contribution in [0.25, 0.3) is 10.9 Å². The Hall–Kier alpha value is -3.80. The number of carbonyl (C=O) groups is 1. The van der Waals surface area contributed by atoms with E-state index >= 15 is 0 Å². The molecule has 0 spiro atoms. The van der Waals surface area contributed by atoms with Gasteiger partial charge in [-0.2, -0.15) is 5.26 Å². The van der Waals surface area contributed by atoms with Gasteiger partial charge in [-0.25, -0.2) is 13.2 Å². The minimum atomic E-state index is -1.22. The van der Waals surface area contributed by atoms with Gasteiger partial charge in [0.25, 0.3) is 5.56 Å². The molecule has 1 amide bonds. The molecule has 156 valence electrons. The predicted molar refractivity (Wildman–Crippen MR) is 103 cm³/mol. The van der Waals surface area contributed by atoms with Gasteiger partial charge in [0.05, 0.1) is 34.2 Å². The van der Waals surface area contributed by atoms with Crippen molar-refractivity contribution in [2.24, 2.45) is 0 Å². The number of nitrogens with zero attached hydrogens (tertiary/aromatic N) is 1. The molecule has 1 aliphatic carbocycles. The normalized spacial score (nSPS) is 18.2. The molecule has 0 radical (unpaired) electrons. The van der Waals surface area contributed by atoms with Gasteiger partial charge >= 0.3 is 0 Å². The van der Waals surface area contributed by atoms with E-state index in [1.807, 2.05) is 6.07 Å². The van der Waals surface area contributed by atoms with Gasteiger partial charge in [0.1, 0.15) is 18.2 Å². The average molecular weight is 425 g/mol. The van der Waals surface area contributed by atoms with E-state index in [-0.39, 0.29) is 39.9 Å². The zero-order chi connectivity index (χ0) is 21.9. The first-order valence-corrected chi connectivity index (χ1v) is 9.53. The van der Waals surface area contributed by atoms with Crippen LogP contribution < -0.4 is 15.6 Å². The molecule has 0 bridgehead atoms. The molecule has 2 aromatic carbocycles. The minimum absolute atomic E-state index is 0.0291. The van der Waals surface area contributed by atoms with Crippen LogP contribution in [0.4, 0.5) is 13.2 Å². The number of nitrogens with one attached hydrogen (secondary N) is 2. The maximum absolute atomic E-state index is 14.5. The number of pyridine rings is 1. The predicted octanol–water partition coefficient (Wildman–Crippen LogP) is 3.10. The molecule has 1 fully saturated rings. The van der Waals surface area contributed by atoms with Gasteiger partial charge < -0.3 is 15.0 Å². The molecule has 1 aromatic heterocycles. The maximum atomic E-state index is 14.5. The summed E-state index contributed by atoms with van der Waals surface area (Å²) in [6.45, 7) is -0.0309. The molecule has 31 heavy (non-hydrogen) atoms. The number of rotatable bonds is 3. The molecule has 2 heterocycles. The first-order valence-electron chi connectivity index (χ1n) is 9.53. The summed E-state index contributed by atoms with van der Waals surface area (Å²) in [4.78, 5) is 28.2. The van der Waals surface area contributed by atoms with Crippen molar-refractivity contribution >= 4 is 16.8 Å². The molecule has 1 atom stereocenters.